The molecule has 3 rings (SSSR count). The molecule has 0 aliphatic rings. The van der Waals surface area contributed by atoms with Gasteiger partial charge >= 0.3 is 0 Å². The number of carbonyl (C=O) groups is 1. The highest BCUT2D eigenvalue weighted by Gasteiger charge is 2.12. The van der Waals surface area contributed by atoms with Gasteiger partial charge in [-0.3, -0.25) is 4.79 Å². The largest absolute Gasteiger partial charge is 0.457 e. The van der Waals surface area contributed by atoms with E-state index in [1.807, 2.05) is 37.3 Å². The number of aryl methyl sites for hydroxylation is 1. The van der Waals surface area contributed by atoms with E-state index in [1.54, 1.807) is 24.3 Å². The van der Waals surface area contributed by atoms with Crippen LogP contribution in [0.1, 0.15) is 36.6 Å². The Labute approximate surface area is 170 Å². The monoisotopic (exact) mass is 392 g/mol. The summed E-state index contributed by atoms with van der Waals surface area (Å²) >= 11 is 0. The molecule has 150 valence electrons. The van der Waals surface area contributed by atoms with Gasteiger partial charge in [0.15, 0.2) is 0 Å². The predicted octanol–water partition coefficient (Wildman–Crippen LogP) is 5.38. The Balaban J connectivity index is 1.75. The van der Waals surface area contributed by atoms with Crippen molar-refractivity contribution in [3.05, 3.63) is 89.2 Å². The van der Waals surface area contributed by atoms with Crippen LogP contribution in [0, 0.1) is 5.82 Å². The molecule has 1 amide bonds. The van der Waals surface area contributed by atoms with Crippen LogP contribution < -0.4 is 15.8 Å². The number of anilines is 1. The second-order valence-corrected chi connectivity index (χ2v) is 7.00. The quantitative estimate of drug-likeness (QED) is 0.567. The van der Waals surface area contributed by atoms with Gasteiger partial charge in [-0.2, -0.15) is 0 Å². The van der Waals surface area contributed by atoms with Gasteiger partial charge < -0.3 is 15.8 Å². The van der Waals surface area contributed by atoms with Crippen molar-refractivity contribution in [2.75, 3.05) is 5.32 Å². The summed E-state index contributed by atoms with van der Waals surface area (Å²) in [7, 11) is 0. The molecule has 29 heavy (non-hydrogen) atoms. The maximum absolute atomic E-state index is 13.5. The van der Waals surface area contributed by atoms with Crippen molar-refractivity contribution in [2.24, 2.45) is 5.73 Å². The van der Waals surface area contributed by atoms with Crippen LogP contribution in [0.3, 0.4) is 0 Å². The van der Waals surface area contributed by atoms with E-state index in [0.29, 0.717) is 17.2 Å². The van der Waals surface area contributed by atoms with Gasteiger partial charge in [0.1, 0.15) is 17.3 Å². The van der Waals surface area contributed by atoms with E-state index in [-0.39, 0.29) is 24.2 Å². The molecule has 0 bridgehead atoms. The Morgan fingerprint density at radius 1 is 1.07 bits per heavy atom. The van der Waals surface area contributed by atoms with Crippen LogP contribution in [-0.4, -0.2) is 5.91 Å². The number of hydrogen-bond acceptors (Lipinski definition) is 3. The SMILES string of the molecule is CCc1ccc(CC(=O)Nc2ccc(C(C)N)c(Oc3cccc(F)c3)c2)cc1. The maximum Gasteiger partial charge on any atom is 0.228 e. The van der Waals surface area contributed by atoms with Crippen LogP contribution in [0.15, 0.2) is 66.7 Å². The normalized spacial score (nSPS) is 11.7. The molecule has 0 heterocycles. The van der Waals surface area contributed by atoms with Crippen LogP contribution in [-0.2, 0) is 17.6 Å². The Morgan fingerprint density at radius 2 is 1.79 bits per heavy atom. The zero-order valence-corrected chi connectivity index (χ0v) is 16.6. The van der Waals surface area contributed by atoms with E-state index in [9.17, 15) is 9.18 Å². The van der Waals surface area contributed by atoms with E-state index in [1.165, 1.54) is 17.7 Å². The average Bonchev–Trinajstić information content (AvgIpc) is 2.68. The number of nitrogens with two attached hydrogens (primary N) is 1. The third-order valence-corrected chi connectivity index (χ3v) is 4.61. The van der Waals surface area contributed by atoms with Crippen LogP contribution in [0.5, 0.6) is 11.5 Å². The lowest BCUT2D eigenvalue weighted by Crippen LogP contribution is -2.15. The summed E-state index contributed by atoms with van der Waals surface area (Å²) in [4.78, 5) is 12.4. The number of ether oxygens (including phenoxy) is 1. The fourth-order valence-electron chi connectivity index (χ4n) is 3.02. The second kappa shape index (κ2) is 9.34. The van der Waals surface area contributed by atoms with Gasteiger partial charge in [0.05, 0.1) is 6.42 Å². The molecule has 5 heteroatoms. The van der Waals surface area contributed by atoms with Gasteiger partial charge in [0, 0.05) is 29.4 Å². The fraction of sp³-hybridized carbons (Fsp3) is 0.208. The van der Waals surface area contributed by atoms with Gasteiger partial charge in [0.25, 0.3) is 0 Å². The van der Waals surface area contributed by atoms with E-state index in [4.69, 9.17) is 10.5 Å². The molecular formula is C24H25FN2O2. The van der Waals surface area contributed by atoms with Crippen molar-refractivity contribution >= 4 is 11.6 Å². The highest BCUT2D eigenvalue weighted by Crippen LogP contribution is 2.32. The third-order valence-electron chi connectivity index (χ3n) is 4.61. The van der Waals surface area contributed by atoms with Gasteiger partial charge in [-0.1, -0.05) is 43.3 Å². The summed E-state index contributed by atoms with van der Waals surface area (Å²) in [6.07, 6.45) is 1.24. The minimum atomic E-state index is -0.386. The topological polar surface area (TPSA) is 64.4 Å². The second-order valence-electron chi connectivity index (χ2n) is 7.00. The first-order valence-electron chi connectivity index (χ1n) is 9.65. The van der Waals surface area contributed by atoms with Crippen molar-refractivity contribution < 1.29 is 13.9 Å². The number of halogens is 1. The van der Waals surface area contributed by atoms with E-state index >= 15 is 0 Å². The molecule has 0 aromatic heterocycles. The van der Waals surface area contributed by atoms with Crippen LogP contribution >= 0.6 is 0 Å². The summed E-state index contributed by atoms with van der Waals surface area (Å²) in [6, 6.07) is 18.9. The average molecular weight is 392 g/mol. The standard InChI is InChI=1S/C24H25FN2O2/c1-3-17-7-9-18(10-8-17)13-24(28)27-20-11-12-22(16(2)26)23(15-20)29-21-6-4-5-19(25)14-21/h4-12,14-16H,3,13,26H2,1-2H3,(H,27,28). The lowest BCUT2D eigenvalue weighted by atomic mass is 10.1. The maximum atomic E-state index is 13.5. The minimum Gasteiger partial charge on any atom is -0.457 e. The molecule has 0 saturated carbocycles. The Hall–Kier alpha value is -3.18. The molecule has 0 aliphatic heterocycles. The van der Waals surface area contributed by atoms with Crippen LogP contribution in [0.2, 0.25) is 0 Å². The highest BCUT2D eigenvalue weighted by molar-refractivity contribution is 5.92. The Bertz CT molecular complexity index is 984. The number of amides is 1. The Morgan fingerprint density at radius 3 is 2.45 bits per heavy atom. The van der Waals surface area contributed by atoms with Gasteiger partial charge in [-0.05, 0) is 42.7 Å². The molecule has 3 aromatic carbocycles. The molecular weight excluding hydrogens is 367 g/mol. The third kappa shape index (κ3) is 5.65. The molecule has 0 aliphatic carbocycles. The number of rotatable bonds is 7. The summed E-state index contributed by atoms with van der Waals surface area (Å²) in [6.45, 7) is 3.93. The van der Waals surface area contributed by atoms with Gasteiger partial charge in [-0.25, -0.2) is 4.39 Å². The molecule has 3 aromatic rings. The minimum absolute atomic E-state index is 0.125. The van der Waals surface area contributed by atoms with Crippen molar-refractivity contribution in [3.63, 3.8) is 0 Å². The van der Waals surface area contributed by atoms with Crippen molar-refractivity contribution in [1.29, 1.82) is 0 Å². The number of nitrogens with one attached hydrogen (secondary N) is 1. The zero-order chi connectivity index (χ0) is 20.8. The molecule has 3 N–H and O–H groups in total. The number of benzene rings is 3. The molecule has 0 fully saturated rings. The lowest BCUT2D eigenvalue weighted by Gasteiger charge is -2.16. The van der Waals surface area contributed by atoms with E-state index in [2.05, 4.69) is 12.2 Å². The Kier molecular flexibility index (Phi) is 6.62. The van der Waals surface area contributed by atoms with Crippen molar-refractivity contribution in [3.8, 4) is 11.5 Å². The van der Waals surface area contributed by atoms with Crippen molar-refractivity contribution in [1.82, 2.24) is 0 Å². The smallest absolute Gasteiger partial charge is 0.228 e. The molecule has 0 saturated heterocycles. The van der Waals surface area contributed by atoms with E-state index in [0.717, 1.165) is 17.5 Å². The van der Waals surface area contributed by atoms with Crippen molar-refractivity contribution in [2.45, 2.75) is 32.7 Å². The summed E-state index contributed by atoms with van der Waals surface area (Å²) in [5.41, 5.74) is 9.58. The van der Waals surface area contributed by atoms with E-state index < -0.39 is 0 Å². The number of hydrogen-bond donors (Lipinski definition) is 2. The molecule has 1 atom stereocenters. The van der Waals surface area contributed by atoms with Gasteiger partial charge in [-0.15, -0.1) is 0 Å². The first-order chi connectivity index (χ1) is 13.9. The molecule has 0 radical (unpaired) electrons. The molecule has 4 nitrogen and oxygen atoms in total. The number of carbonyl (C=O) groups excluding carboxylic acids is 1. The van der Waals surface area contributed by atoms with Crippen LogP contribution in [0.25, 0.3) is 0 Å². The highest BCUT2D eigenvalue weighted by atomic mass is 19.1. The molecule has 0 spiro atoms. The molecule has 1 unspecified atom stereocenters. The first kappa shape index (κ1) is 20.6. The summed E-state index contributed by atoms with van der Waals surface area (Å²) < 4.78 is 19.3. The summed E-state index contributed by atoms with van der Waals surface area (Å²) in [5, 5.41) is 2.89. The van der Waals surface area contributed by atoms with Gasteiger partial charge in [0.2, 0.25) is 5.91 Å². The first-order valence-corrected chi connectivity index (χ1v) is 9.65. The predicted molar refractivity (Wildman–Crippen MR) is 114 cm³/mol. The van der Waals surface area contributed by atoms with Crippen LogP contribution in [0.4, 0.5) is 10.1 Å². The lowest BCUT2D eigenvalue weighted by molar-refractivity contribution is -0.115. The zero-order valence-electron chi connectivity index (χ0n) is 16.6. The fourth-order valence-corrected chi connectivity index (χ4v) is 3.02. The summed E-state index contributed by atoms with van der Waals surface area (Å²) in [5.74, 6) is 0.338.